The third kappa shape index (κ3) is 4.82. The highest BCUT2D eigenvalue weighted by molar-refractivity contribution is 7.74. The largest absolute Gasteiger partial charge is 0.464 e. The Balaban J connectivity index is 2.16. The van der Waals surface area contributed by atoms with Crippen LogP contribution in [0.1, 0.15) is 32.3 Å². The standard InChI is InChI=1S/C18H25N3O4S/c1-3-25-17(23)16(19-14(2)22)18(20-24)9-11-21(26,12-10-18)13-15-7-5-4-6-8-15/h4-8,16,26H,3,9-13H2,1-2H3/p+1. The number of amides is 1. The number of benzene rings is 1. The Bertz CT molecular complexity index is 645. The SMILES string of the molecule is CCOC(=O)C(NC(C)=O)C1(N=O)CC[N+](S)(Cc2ccccc2)CC1. The fourth-order valence-corrected chi connectivity index (χ4v) is 3.76. The zero-order valence-corrected chi connectivity index (χ0v) is 16.1. The van der Waals surface area contributed by atoms with Crippen molar-refractivity contribution in [2.75, 3.05) is 19.7 Å². The van der Waals surface area contributed by atoms with Gasteiger partial charge in [0.05, 0.1) is 32.5 Å². The highest BCUT2D eigenvalue weighted by Crippen LogP contribution is 2.36. The molecule has 0 spiro atoms. The van der Waals surface area contributed by atoms with E-state index in [0.29, 0.717) is 36.4 Å². The van der Waals surface area contributed by atoms with Crippen molar-refractivity contribution in [3.63, 3.8) is 0 Å². The lowest BCUT2D eigenvalue weighted by Gasteiger charge is -2.43. The van der Waals surface area contributed by atoms with E-state index < -0.39 is 23.5 Å². The fourth-order valence-electron chi connectivity index (χ4n) is 3.40. The van der Waals surface area contributed by atoms with Gasteiger partial charge >= 0.3 is 5.97 Å². The summed E-state index contributed by atoms with van der Waals surface area (Å²) in [4.78, 5) is 35.6. The maximum Gasteiger partial charge on any atom is 0.331 e. The van der Waals surface area contributed by atoms with Crippen LogP contribution < -0.4 is 5.32 Å². The summed E-state index contributed by atoms with van der Waals surface area (Å²) in [7, 11) is 0. The lowest BCUT2D eigenvalue weighted by molar-refractivity contribution is -0.813. The fraction of sp³-hybridized carbons (Fsp3) is 0.556. The molecule has 1 unspecified atom stereocenters. The van der Waals surface area contributed by atoms with Gasteiger partial charge in [-0.25, -0.2) is 4.79 Å². The number of hydrogen-bond donors (Lipinski definition) is 2. The van der Waals surface area contributed by atoms with Crippen LogP contribution in [0.4, 0.5) is 0 Å². The predicted octanol–water partition coefficient (Wildman–Crippen LogP) is 2.21. The lowest BCUT2D eigenvalue weighted by atomic mass is 9.81. The Hall–Kier alpha value is -1.93. The molecule has 1 N–H and O–H groups in total. The number of piperidine rings is 1. The van der Waals surface area contributed by atoms with Crippen LogP contribution in [0.15, 0.2) is 35.5 Å². The Morgan fingerprint density at radius 2 is 1.92 bits per heavy atom. The Morgan fingerprint density at radius 3 is 2.42 bits per heavy atom. The third-order valence-corrected chi connectivity index (χ3v) is 5.37. The zero-order chi connectivity index (χ0) is 19.2. The van der Waals surface area contributed by atoms with Crippen LogP contribution in [0.5, 0.6) is 0 Å². The van der Waals surface area contributed by atoms with Gasteiger partial charge in [-0.2, -0.15) is 4.91 Å². The van der Waals surface area contributed by atoms with E-state index >= 15 is 0 Å². The maximum atomic E-state index is 12.3. The Morgan fingerprint density at radius 1 is 1.31 bits per heavy atom. The number of rotatable bonds is 7. The van der Waals surface area contributed by atoms with Gasteiger partial charge in [0.1, 0.15) is 12.1 Å². The minimum atomic E-state index is -1.21. The van der Waals surface area contributed by atoms with Gasteiger partial charge in [-0.05, 0) is 6.92 Å². The van der Waals surface area contributed by atoms with Gasteiger partial charge in [0.15, 0.2) is 6.04 Å². The average Bonchev–Trinajstić information content (AvgIpc) is 2.62. The van der Waals surface area contributed by atoms with E-state index in [0.717, 1.165) is 5.56 Å². The number of nitrogens with zero attached hydrogens (tertiary/aromatic N) is 2. The molecule has 26 heavy (non-hydrogen) atoms. The van der Waals surface area contributed by atoms with Crippen molar-refractivity contribution in [3.8, 4) is 0 Å². The molecule has 1 heterocycles. The molecule has 1 atom stereocenters. The number of carbonyl (C=O) groups excluding carboxylic acids is 2. The molecule has 0 aliphatic carbocycles. The van der Waals surface area contributed by atoms with E-state index in [4.69, 9.17) is 17.6 Å². The molecule has 1 aromatic carbocycles. The second kappa shape index (κ2) is 8.64. The first-order chi connectivity index (χ1) is 12.3. The van der Waals surface area contributed by atoms with Gasteiger partial charge in [-0.1, -0.05) is 35.5 Å². The second-order valence-electron chi connectivity index (χ2n) is 6.77. The maximum absolute atomic E-state index is 12.3. The average molecular weight is 380 g/mol. The van der Waals surface area contributed by atoms with Crippen molar-refractivity contribution < 1.29 is 18.2 Å². The number of carbonyl (C=O) groups is 2. The van der Waals surface area contributed by atoms with Crippen molar-refractivity contribution in [3.05, 3.63) is 40.8 Å². The molecule has 7 nitrogen and oxygen atoms in total. The number of ether oxygens (including phenoxy) is 1. The van der Waals surface area contributed by atoms with Crippen LogP contribution in [-0.4, -0.2) is 47.0 Å². The number of likely N-dealkylation sites (tertiary alicyclic amines) is 1. The quantitative estimate of drug-likeness (QED) is 0.329. The number of esters is 1. The molecule has 1 fully saturated rings. The molecule has 0 radical (unpaired) electrons. The summed E-state index contributed by atoms with van der Waals surface area (Å²) in [6.45, 7) is 4.98. The molecule has 0 aromatic heterocycles. The first kappa shape index (κ1) is 20.4. The minimum Gasteiger partial charge on any atom is -0.464 e. The summed E-state index contributed by atoms with van der Waals surface area (Å²) >= 11 is 4.80. The molecular formula is C18H26N3O4S+. The summed E-state index contributed by atoms with van der Waals surface area (Å²) < 4.78 is 5.51. The molecule has 1 aromatic rings. The van der Waals surface area contributed by atoms with E-state index in [2.05, 4.69) is 10.5 Å². The van der Waals surface area contributed by atoms with Crippen LogP contribution in [0.3, 0.4) is 0 Å². The summed E-state index contributed by atoms with van der Waals surface area (Å²) in [5.41, 5.74) is -0.0584. The molecule has 1 saturated heterocycles. The van der Waals surface area contributed by atoms with E-state index in [1.54, 1.807) is 6.92 Å². The Labute approximate surface area is 159 Å². The molecule has 142 valence electrons. The molecular weight excluding hydrogens is 354 g/mol. The van der Waals surface area contributed by atoms with Crippen LogP contribution >= 0.6 is 12.8 Å². The van der Waals surface area contributed by atoms with Gasteiger partial charge in [0.25, 0.3) is 0 Å². The number of thiol groups is 1. The third-order valence-electron chi connectivity index (χ3n) is 4.83. The number of hydrogen-bond acceptors (Lipinski definition) is 6. The number of nitrogens with one attached hydrogen (secondary N) is 1. The van der Waals surface area contributed by atoms with Gasteiger partial charge in [0, 0.05) is 25.3 Å². The highest BCUT2D eigenvalue weighted by Gasteiger charge is 2.52. The van der Waals surface area contributed by atoms with Crippen LogP contribution in [-0.2, 0) is 20.9 Å². The molecule has 0 saturated carbocycles. The molecule has 1 aliphatic rings. The topological polar surface area (TPSA) is 84.8 Å². The van der Waals surface area contributed by atoms with E-state index in [1.807, 2.05) is 30.3 Å². The van der Waals surface area contributed by atoms with Crippen molar-refractivity contribution in [2.45, 2.75) is 44.8 Å². The van der Waals surface area contributed by atoms with E-state index in [1.165, 1.54) is 6.92 Å². The summed E-state index contributed by atoms with van der Waals surface area (Å²) in [5.74, 6) is -1.02. The Kier molecular flexibility index (Phi) is 6.77. The minimum absolute atomic E-state index is 0.171. The number of quaternary nitrogens is 1. The summed E-state index contributed by atoms with van der Waals surface area (Å²) in [6, 6.07) is 8.91. The van der Waals surface area contributed by atoms with Crippen molar-refractivity contribution in [2.24, 2.45) is 5.18 Å². The normalized spacial score (nSPS) is 26.6. The first-order valence-corrected chi connectivity index (χ1v) is 9.15. The molecule has 2 rings (SSSR count). The number of nitroso groups, excluding NO2 is 1. The summed E-state index contributed by atoms with van der Waals surface area (Å²) in [5, 5.41) is 5.86. The molecule has 1 aliphatic heterocycles. The van der Waals surface area contributed by atoms with Gasteiger partial charge in [-0.15, -0.1) is 0 Å². The van der Waals surface area contributed by atoms with Crippen molar-refractivity contribution >= 4 is 24.7 Å². The second-order valence-corrected chi connectivity index (χ2v) is 7.61. The summed E-state index contributed by atoms with van der Waals surface area (Å²) in [6.07, 6.45) is 0.688. The van der Waals surface area contributed by atoms with Crippen LogP contribution in [0.25, 0.3) is 0 Å². The first-order valence-electron chi connectivity index (χ1n) is 8.75. The molecule has 1 amide bonds. The predicted molar refractivity (Wildman–Crippen MR) is 101 cm³/mol. The highest BCUT2D eigenvalue weighted by atomic mass is 32.1. The van der Waals surface area contributed by atoms with Crippen molar-refractivity contribution in [1.29, 1.82) is 0 Å². The van der Waals surface area contributed by atoms with Gasteiger partial charge in [0.2, 0.25) is 5.91 Å². The van der Waals surface area contributed by atoms with Gasteiger partial charge < -0.3 is 10.1 Å². The molecule has 8 heteroatoms. The van der Waals surface area contributed by atoms with E-state index in [-0.39, 0.29) is 6.61 Å². The zero-order valence-electron chi connectivity index (χ0n) is 15.2. The van der Waals surface area contributed by atoms with Crippen molar-refractivity contribution in [1.82, 2.24) is 5.32 Å². The van der Waals surface area contributed by atoms with E-state index in [9.17, 15) is 14.5 Å². The monoisotopic (exact) mass is 380 g/mol. The smallest absolute Gasteiger partial charge is 0.331 e. The molecule has 0 bridgehead atoms. The van der Waals surface area contributed by atoms with Crippen LogP contribution in [0.2, 0.25) is 0 Å². The van der Waals surface area contributed by atoms with Gasteiger partial charge in [-0.3, -0.25) is 8.68 Å². The van der Waals surface area contributed by atoms with Crippen LogP contribution in [0, 0.1) is 4.91 Å². The lowest BCUT2D eigenvalue weighted by Crippen LogP contribution is -2.62.